The summed E-state index contributed by atoms with van der Waals surface area (Å²) >= 11 is 0. The maximum Gasteiger partial charge on any atom is 0.0243 e. The molecule has 112 valence electrons. The summed E-state index contributed by atoms with van der Waals surface area (Å²) in [6.45, 7) is 12.0. The van der Waals surface area contributed by atoms with E-state index in [-0.39, 0.29) is 0 Å². The number of piperidine rings is 1. The van der Waals surface area contributed by atoms with E-state index in [2.05, 4.69) is 23.6 Å². The zero-order chi connectivity index (χ0) is 13.7. The van der Waals surface area contributed by atoms with E-state index in [4.69, 9.17) is 5.73 Å². The molecule has 2 rings (SSSR count). The first-order valence-corrected chi connectivity index (χ1v) is 8.41. The van der Waals surface area contributed by atoms with Gasteiger partial charge >= 0.3 is 0 Å². The van der Waals surface area contributed by atoms with E-state index in [1.54, 1.807) is 0 Å². The average molecular weight is 267 g/mol. The van der Waals surface area contributed by atoms with Crippen molar-refractivity contribution in [2.45, 2.75) is 52.0 Å². The van der Waals surface area contributed by atoms with Crippen LogP contribution in [0.4, 0.5) is 0 Å². The number of hydrogen-bond donors (Lipinski definition) is 1. The molecule has 2 atom stereocenters. The van der Waals surface area contributed by atoms with Crippen LogP contribution in [0, 0.1) is 11.8 Å². The highest BCUT2D eigenvalue weighted by molar-refractivity contribution is 4.83. The van der Waals surface area contributed by atoms with E-state index in [0.29, 0.717) is 6.04 Å². The Balaban J connectivity index is 1.74. The molecule has 2 unspecified atom stereocenters. The summed E-state index contributed by atoms with van der Waals surface area (Å²) < 4.78 is 0. The van der Waals surface area contributed by atoms with Crippen LogP contribution in [0.25, 0.3) is 0 Å². The number of likely N-dealkylation sites (tertiary alicyclic amines) is 2. The van der Waals surface area contributed by atoms with E-state index in [9.17, 15) is 0 Å². The second-order valence-corrected chi connectivity index (χ2v) is 6.68. The van der Waals surface area contributed by atoms with Crippen molar-refractivity contribution in [3.8, 4) is 0 Å². The first kappa shape index (κ1) is 15.3. The first-order valence-electron chi connectivity index (χ1n) is 8.41. The summed E-state index contributed by atoms with van der Waals surface area (Å²) in [4.78, 5) is 5.34. The highest BCUT2D eigenvalue weighted by Gasteiger charge is 2.28. The van der Waals surface area contributed by atoms with E-state index >= 15 is 0 Å². The molecule has 0 amide bonds. The van der Waals surface area contributed by atoms with Gasteiger partial charge in [-0.25, -0.2) is 0 Å². The van der Waals surface area contributed by atoms with Crippen LogP contribution in [0.2, 0.25) is 0 Å². The maximum atomic E-state index is 6.00. The standard InChI is InChI=1S/C16H33N3/c1-3-14(2)16(12-17)19-10-6-15(7-11-19)13-18-8-4-5-9-18/h14-16H,3-13,17H2,1-2H3. The van der Waals surface area contributed by atoms with Gasteiger partial charge in [0.15, 0.2) is 0 Å². The monoisotopic (exact) mass is 267 g/mol. The van der Waals surface area contributed by atoms with Crippen molar-refractivity contribution in [2.75, 3.05) is 39.3 Å². The fourth-order valence-corrected chi connectivity index (χ4v) is 3.81. The van der Waals surface area contributed by atoms with Gasteiger partial charge in [0.2, 0.25) is 0 Å². The molecule has 0 aromatic heterocycles. The Bertz CT molecular complexity index is 242. The lowest BCUT2D eigenvalue weighted by molar-refractivity contribution is 0.0907. The van der Waals surface area contributed by atoms with Gasteiger partial charge in [0.05, 0.1) is 0 Å². The summed E-state index contributed by atoms with van der Waals surface area (Å²) in [7, 11) is 0. The fourth-order valence-electron chi connectivity index (χ4n) is 3.81. The van der Waals surface area contributed by atoms with E-state index in [0.717, 1.165) is 18.4 Å². The van der Waals surface area contributed by atoms with Crippen LogP contribution < -0.4 is 5.73 Å². The van der Waals surface area contributed by atoms with Gasteiger partial charge in [0, 0.05) is 19.1 Å². The molecule has 0 aromatic carbocycles. The van der Waals surface area contributed by atoms with E-state index in [1.807, 2.05) is 0 Å². The first-order chi connectivity index (χ1) is 9.24. The zero-order valence-electron chi connectivity index (χ0n) is 13.0. The van der Waals surface area contributed by atoms with Crippen LogP contribution >= 0.6 is 0 Å². The molecule has 3 heteroatoms. The average Bonchev–Trinajstić information content (AvgIpc) is 2.94. The lowest BCUT2D eigenvalue weighted by atomic mass is 9.91. The molecule has 2 aliphatic heterocycles. The predicted octanol–water partition coefficient (Wildman–Crippen LogP) is 2.17. The maximum absolute atomic E-state index is 6.00. The minimum absolute atomic E-state index is 0.609. The second-order valence-electron chi connectivity index (χ2n) is 6.68. The van der Waals surface area contributed by atoms with Crippen LogP contribution in [0.3, 0.4) is 0 Å². The molecule has 0 aromatic rings. The predicted molar refractivity (Wildman–Crippen MR) is 82.3 cm³/mol. The molecule has 2 fully saturated rings. The Labute approximate surface area is 119 Å². The minimum atomic E-state index is 0.609. The lowest BCUT2D eigenvalue weighted by Crippen LogP contribution is -2.49. The molecule has 19 heavy (non-hydrogen) atoms. The third kappa shape index (κ3) is 4.17. The van der Waals surface area contributed by atoms with Crippen molar-refractivity contribution < 1.29 is 0 Å². The number of hydrogen-bond acceptors (Lipinski definition) is 3. The van der Waals surface area contributed by atoms with Crippen LogP contribution in [0.5, 0.6) is 0 Å². The van der Waals surface area contributed by atoms with Gasteiger partial charge in [-0.15, -0.1) is 0 Å². The highest BCUT2D eigenvalue weighted by atomic mass is 15.2. The Morgan fingerprint density at radius 3 is 2.26 bits per heavy atom. The molecule has 2 saturated heterocycles. The summed E-state index contributed by atoms with van der Waals surface area (Å²) in [6, 6.07) is 0.609. The largest absolute Gasteiger partial charge is 0.329 e. The molecule has 0 bridgehead atoms. The number of rotatable bonds is 6. The summed E-state index contributed by atoms with van der Waals surface area (Å²) in [5.41, 5.74) is 6.00. The molecule has 2 N–H and O–H groups in total. The van der Waals surface area contributed by atoms with Gasteiger partial charge in [0.1, 0.15) is 0 Å². The molecule has 0 aliphatic carbocycles. The summed E-state index contributed by atoms with van der Waals surface area (Å²) in [5, 5.41) is 0. The van der Waals surface area contributed by atoms with Gasteiger partial charge < -0.3 is 10.6 Å². The number of nitrogens with two attached hydrogens (primary N) is 1. The van der Waals surface area contributed by atoms with Crippen molar-refractivity contribution in [3.63, 3.8) is 0 Å². The highest BCUT2D eigenvalue weighted by Crippen LogP contribution is 2.24. The fraction of sp³-hybridized carbons (Fsp3) is 1.00. The molecule has 0 spiro atoms. The van der Waals surface area contributed by atoms with Gasteiger partial charge in [-0.3, -0.25) is 4.90 Å². The summed E-state index contributed by atoms with van der Waals surface area (Å²) in [6.07, 6.45) is 6.84. The molecule has 0 saturated carbocycles. The minimum Gasteiger partial charge on any atom is -0.329 e. The van der Waals surface area contributed by atoms with Crippen LogP contribution in [-0.2, 0) is 0 Å². The SMILES string of the molecule is CCC(C)C(CN)N1CCC(CN2CCCC2)CC1. The molecular weight excluding hydrogens is 234 g/mol. The Hall–Kier alpha value is -0.120. The Kier molecular flexibility index (Phi) is 6.11. The smallest absolute Gasteiger partial charge is 0.0243 e. The Morgan fingerprint density at radius 2 is 1.74 bits per heavy atom. The zero-order valence-corrected chi connectivity index (χ0v) is 13.0. The van der Waals surface area contributed by atoms with Crippen molar-refractivity contribution >= 4 is 0 Å². The Morgan fingerprint density at radius 1 is 1.11 bits per heavy atom. The van der Waals surface area contributed by atoms with Crippen molar-refractivity contribution in [3.05, 3.63) is 0 Å². The molecule has 2 aliphatic rings. The van der Waals surface area contributed by atoms with Gasteiger partial charge in [-0.1, -0.05) is 20.3 Å². The number of nitrogens with zero attached hydrogens (tertiary/aromatic N) is 2. The summed E-state index contributed by atoms with van der Waals surface area (Å²) in [5.74, 6) is 1.67. The van der Waals surface area contributed by atoms with Gasteiger partial charge in [-0.05, 0) is 63.7 Å². The third-order valence-electron chi connectivity index (χ3n) is 5.38. The quantitative estimate of drug-likeness (QED) is 0.800. The van der Waals surface area contributed by atoms with Crippen molar-refractivity contribution in [1.82, 2.24) is 9.80 Å². The molecular formula is C16H33N3. The van der Waals surface area contributed by atoms with E-state index < -0.39 is 0 Å². The molecule has 0 radical (unpaired) electrons. The van der Waals surface area contributed by atoms with E-state index in [1.165, 1.54) is 64.8 Å². The molecule has 2 heterocycles. The lowest BCUT2D eigenvalue weighted by Gasteiger charge is -2.40. The normalized spacial score (nSPS) is 26.7. The van der Waals surface area contributed by atoms with Crippen molar-refractivity contribution in [2.24, 2.45) is 17.6 Å². The van der Waals surface area contributed by atoms with Gasteiger partial charge in [-0.2, -0.15) is 0 Å². The van der Waals surface area contributed by atoms with Crippen LogP contribution in [0.15, 0.2) is 0 Å². The van der Waals surface area contributed by atoms with Crippen molar-refractivity contribution in [1.29, 1.82) is 0 Å². The second kappa shape index (κ2) is 7.61. The third-order valence-corrected chi connectivity index (χ3v) is 5.38. The van der Waals surface area contributed by atoms with Crippen LogP contribution in [0.1, 0.15) is 46.0 Å². The van der Waals surface area contributed by atoms with Crippen LogP contribution in [-0.4, -0.2) is 55.1 Å². The van der Waals surface area contributed by atoms with Gasteiger partial charge in [0.25, 0.3) is 0 Å². The topological polar surface area (TPSA) is 32.5 Å². The molecule has 3 nitrogen and oxygen atoms in total.